The molecule has 1 aliphatic carbocycles. The van der Waals surface area contributed by atoms with E-state index in [1.165, 1.54) is 0 Å². The minimum atomic E-state index is -1.04. The number of carbonyl (C=O) groups excluding carboxylic acids is 3. The number of hydrogen-bond acceptors (Lipinski definition) is 11. The smallest absolute Gasteiger partial charge is 0.255 e. The summed E-state index contributed by atoms with van der Waals surface area (Å²) in [6.07, 6.45) is 0.279. The van der Waals surface area contributed by atoms with E-state index in [4.69, 9.17) is 0 Å². The molecule has 2 aromatic carbocycles. The molecule has 4 saturated heterocycles. The highest BCUT2D eigenvalue weighted by Gasteiger charge is 2.56. The van der Waals surface area contributed by atoms with Crippen LogP contribution < -0.4 is 20.4 Å². The van der Waals surface area contributed by atoms with Gasteiger partial charge in [0.15, 0.2) is 17.4 Å². The number of imide groups is 1. The van der Waals surface area contributed by atoms with Crippen LogP contribution in [0.3, 0.4) is 0 Å². The van der Waals surface area contributed by atoms with Crippen molar-refractivity contribution in [3.05, 3.63) is 59.2 Å². The molecule has 1 aromatic heterocycles. The second-order valence-electron chi connectivity index (χ2n) is 17.2. The van der Waals surface area contributed by atoms with Gasteiger partial charge in [-0.15, -0.1) is 10.2 Å². The van der Waals surface area contributed by atoms with Gasteiger partial charge in [-0.05, 0) is 67.3 Å². The van der Waals surface area contributed by atoms with Crippen molar-refractivity contribution in [3.8, 4) is 17.0 Å². The quantitative estimate of drug-likeness (QED) is 0.305. The van der Waals surface area contributed by atoms with Crippen LogP contribution in [0.4, 0.5) is 30.4 Å². The maximum absolute atomic E-state index is 15.8. The molecule has 16 heteroatoms. The number of phenolic OH excluding ortho intramolecular Hbond substituents is 1. The number of aromatic hydroxyl groups is 1. The van der Waals surface area contributed by atoms with Gasteiger partial charge in [-0.2, -0.15) is 0 Å². The third-order valence-corrected chi connectivity index (χ3v) is 13.8. The number of likely N-dealkylation sites (tertiary alicyclic amines) is 1. The summed E-state index contributed by atoms with van der Waals surface area (Å²) >= 11 is 0. The fourth-order valence-electron chi connectivity index (χ4n) is 10.5. The zero-order valence-electron chi connectivity index (χ0n) is 31.7. The topological polar surface area (TPSA) is 137 Å². The number of hydrogen-bond donors (Lipinski definition) is 3. The average Bonchev–Trinajstić information content (AvgIpc) is 3.46. The molecule has 5 fully saturated rings. The number of nitrogens with zero attached hydrogens (tertiary/aromatic N) is 7. The molecule has 57 heavy (non-hydrogen) atoms. The molecule has 300 valence electrons. The highest BCUT2D eigenvalue weighted by molar-refractivity contribution is 6.05. The normalized spacial score (nSPS) is 31.1. The van der Waals surface area contributed by atoms with Crippen molar-refractivity contribution in [1.82, 2.24) is 30.2 Å². The van der Waals surface area contributed by atoms with Crippen LogP contribution in [0.2, 0.25) is 0 Å². The summed E-state index contributed by atoms with van der Waals surface area (Å²) in [6, 6.07) is 8.94. The molecule has 0 radical (unpaired) electrons. The molecular weight excluding hydrogens is 740 g/mol. The van der Waals surface area contributed by atoms with Crippen LogP contribution in [0.15, 0.2) is 36.4 Å². The molecule has 0 bridgehead atoms. The minimum Gasteiger partial charge on any atom is -0.504 e. The van der Waals surface area contributed by atoms with Gasteiger partial charge in [0.25, 0.3) is 5.91 Å². The molecule has 13 nitrogen and oxygen atoms in total. The second kappa shape index (κ2) is 13.9. The number of carbonyl (C=O) groups is 3. The number of halogens is 3. The Hall–Kier alpha value is -4.96. The average molecular weight is 786 g/mol. The van der Waals surface area contributed by atoms with Crippen LogP contribution in [0.25, 0.3) is 11.3 Å². The number of anilines is 3. The third-order valence-electron chi connectivity index (χ3n) is 13.8. The van der Waals surface area contributed by atoms with Crippen LogP contribution in [-0.2, 0) is 16.1 Å². The van der Waals surface area contributed by atoms with E-state index in [9.17, 15) is 28.3 Å². The lowest BCUT2D eigenvalue weighted by Gasteiger charge is -2.49. The first-order valence-electron chi connectivity index (χ1n) is 20.2. The van der Waals surface area contributed by atoms with E-state index < -0.39 is 35.5 Å². The highest BCUT2D eigenvalue weighted by atomic mass is 19.1. The van der Waals surface area contributed by atoms with Gasteiger partial charge in [0.2, 0.25) is 11.8 Å². The maximum Gasteiger partial charge on any atom is 0.255 e. The Kier molecular flexibility index (Phi) is 8.84. The zero-order valence-corrected chi connectivity index (χ0v) is 31.7. The van der Waals surface area contributed by atoms with Gasteiger partial charge in [-0.25, -0.2) is 13.2 Å². The van der Waals surface area contributed by atoms with E-state index >= 15 is 4.39 Å². The largest absolute Gasteiger partial charge is 0.504 e. The van der Waals surface area contributed by atoms with Gasteiger partial charge >= 0.3 is 0 Å². The Labute approximate surface area is 328 Å². The number of fused-ring (bicyclic) bond motifs is 5. The number of rotatable bonds is 7. The number of nitrogens with one attached hydrogen (secondary N) is 2. The standard InChI is InChI=1S/C41H46F3N9O4/c1-21-13-52-26(12-45-39-36(52)11-34(47-48-39)28-8-24(42)9-32(43)38(28)55)16-51(21)19-31-29-17-49(18-30(29)31)14-23-6-7-50(20-33(23)44)25-3-2-22-15-53(41(57)27(22)10-25)35-4-5-37(54)46-40(35)56/h2-3,8-11,21,23,26,29-31,33,35,55H,4-7,12-20H2,1H3,(H,45,48)(H,46,54,56)/t21-,23+,26-,29+,30?,31?,33-,35?/m0/s1. The summed E-state index contributed by atoms with van der Waals surface area (Å²) in [5, 5.41) is 24.5. The van der Waals surface area contributed by atoms with Crippen LogP contribution >= 0.6 is 0 Å². The number of piperidine rings is 3. The molecule has 8 atom stereocenters. The van der Waals surface area contributed by atoms with Crippen molar-refractivity contribution in [3.63, 3.8) is 0 Å². The molecule has 0 spiro atoms. The zero-order chi connectivity index (χ0) is 39.3. The predicted octanol–water partition coefficient (Wildman–Crippen LogP) is 3.24. The van der Waals surface area contributed by atoms with Crippen molar-refractivity contribution < 1.29 is 32.7 Å². The summed E-state index contributed by atoms with van der Waals surface area (Å²) in [4.78, 5) is 48.3. The SMILES string of the molecule is C[C@H]1CN2c3cc(-c4cc(F)cc(F)c4O)nnc3NC[C@H]2CN1CC1C2CN(C[C@H]3CCN(c4ccc5c(c4)C(=O)N(C4CCC(=O)NC4=O)C5)C[C@@H]3F)C[C@H]21. The molecule has 10 rings (SSSR count). The number of phenols is 1. The molecule has 3 unspecified atom stereocenters. The van der Waals surface area contributed by atoms with Crippen LogP contribution in [-0.4, -0.2) is 131 Å². The maximum atomic E-state index is 15.8. The molecular formula is C41H46F3N9O4. The van der Waals surface area contributed by atoms with Crippen molar-refractivity contribution in [2.75, 3.05) is 74.0 Å². The molecule has 3 N–H and O–H groups in total. The van der Waals surface area contributed by atoms with Gasteiger partial charge in [-0.3, -0.25) is 24.6 Å². The van der Waals surface area contributed by atoms with Crippen molar-refractivity contribution >= 4 is 34.9 Å². The number of amides is 3. The van der Waals surface area contributed by atoms with Gasteiger partial charge in [0.05, 0.1) is 17.4 Å². The number of aromatic nitrogens is 2. The minimum absolute atomic E-state index is 0.0325. The Morgan fingerprint density at radius 2 is 1.74 bits per heavy atom. The molecule has 3 aromatic rings. The van der Waals surface area contributed by atoms with Gasteiger partial charge in [0.1, 0.15) is 18.0 Å². The molecule has 7 aliphatic rings. The lowest BCUT2D eigenvalue weighted by Crippen LogP contribution is -2.61. The summed E-state index contributed by atoms with van der Waals surface area (Å²) in [6.45, 7) is 9.66. The summed E-state index contributed by atoms with van der Waals surface area (Å²) < 4.78 is 44.0. The Balaban J connectivity index is 0.709. The summed E-state index contributed by atoms with van der Waals surface area (Å²) in [7, 11) is 0. The van der Waals surface area contributed by atoms with Gasteiger partial charge in [0, 0.05) is 107 Å². The molecule has 6 aliphatic heterocycles. The van der Waals surface area contributed by atoms with E-state index in [1.807, 2.05) is 23.1 Å². The molecule has 7 heterocycles. The van der Waals surface area contributed by atoms with Crippen LogP contribution in [0.5, 0.6) is 5.75 Å². The Morgan fingerprint density at radius 1 is 0.912 bits per heavy atom. The predicted molar refractivity (Wildman–Crippen MR) is 204 cm³/mol. The number of alkyl halides is 1. The molecule has 3 amide bonds. The lowest BCUT2D eigenvalue weighted by molar-refractivity contribution is -0.136. The van der Waals surface area contributed by atoms with E-state index in [-0.39, 0.29) is 54.0 Å². The van der Waals surface area contributed by atoms with Crippen molar-refractivity contribution in [2.45, 2.75) is 57.0 Å². The number of benzene rings is 2. The fourth-order valence-corrected chi connectivity index (χ4v) is 10.5. The van der Waals surface area contributed by atoms with Crippen LogP contribution in [0, 0.1) is 35.3 Å². The lowest BCUT2D eigenvalue weighted by atomic mass is 9.93. The van der Waals surface area contributed by atoms with E-state index in [2.05, 4.69) is 42.5 Å². The Morgan fingerprint density at radius 3 is 2.53 bits per heavy atom. The van der Waals surface area contributed by atoms with Gasteiger partial charge in [-0.1, -0.05) is 6.07 Å². The summed E-state index contributed by atoms with van der Waals surface area (Å²) in [5.74, 6) is -1.01. The Bertz CT molecular complexity index is 2150. The van der Waals surface area contributed by atoms with E-state index in [0.29, 0.717) is 61.3 Å². The fraction of sp³-hybridized carbons (Fsp3) is 0.537. The highest BCUT2D eigenvalue weighted by Crippen LogP contribution is 2.53. The monoisotopic (exact) mass is 785 g/mol. The first kappa shape index (κ1) is 36.4. The summed E-state index contributed by atoms with van der Waals surface area (Å²) in [5.41, 5.74) is 3.19. The van der Waals surface area contributed by atoms with Crippen LogP contribution in [0.1, 0.15) is 42.1 Å². The van der Waals surface area contributed by atoms with Crippen molar-refractivity contribution in [2.24, 2.45) is 23.7 Å². The van der Waals surface area contributed by atoms with E-state index in [1.54, 1.807) is 11.0 Å². The first-order valence-corrected chi connectivity index (χ1v) is 20.2. The van der Waals surface area contributed by atoms with E-state index in [0.717, 1.165) is 68.7 Å². The van der Waals surface area contributed by atoms with Crippen molar-refractivity contribution in [1.29, 1.82) is 0 Å². The van der Waals surface area contributed by atoms with Gasteiger partial charge < -0.3 is 30.0 Å². The second-order valence-corrected chi connectivity index (χ2v) is 17.2. The molecule has 1 saturated carbocycles. The first-order chi connectivity index (χ1) is 27.5. The number of piperazine rings is 1. The third kappa shape index (κ3) is 6.44.